The number of aromatic amines is 1. The van der Waals surface area contributed by atoms with E-state index in [9.17, 15) is 9.59 Å². The van der Waals surface area contributed by atoms with Crippen LogP contribution in [0.1, 0.15) is 35.6 Å². The SMILES string of the molecule is COc1cccc(COC2CN(CC(C)C)C(=O)CN(C(=O)c3ccc4nc(C)[nH]c4c3)C2)c1. The van der Waals surface area contributed by atoms with Gasteiger partial charge >= 0.3 is 0 Å². The van der Waals surface area contributed by atoms with E-state index in [2.05, 4.69) is 23.8 Å². The van der Waals surface area contributed by atoms with E-state index in [-0.39, 0.29) is 24.5 Å². The number of aryl methyl sites for hydroxylation is 1. The first-order chi connectivity index (χ1) is 16.3. The number of rotatable bonds is 7. The van der Waals surface area contributed by atoms with Crippen LogP contribution >= 0.6 is 0 Å². The molecule has 1 fully saturated rings. The maximum Gasteiger partial charge on any atom is 0.254 e. The van der Waals surface area contributed by atoms with Crippen molar-refractivity contribution in [2.24, 2.45) is 5.92 Å². The minimum atomic E-state index is -0.307. The van der Waals surface area contributed by atoms with Crippen molar-refractivity contribution in [3.8, 4) is 5.75 Å². The summed E-state index contributed by atoms with van der Waals surface area (Å²) in [6, 6.07) is 13.1. The van der Waals surface area contributed by atoms with Gasteiger partial charge in [0, 0.05) is 25.2 Å². The Morgan fingerprint density at radius 3 is 2.79 bits per heavy atom. The largest absolute Gasteiger partial charge is 0.497 e. The number of carbonyl (C=O) groups is 2. The zero-order valence-electron chi connectivity index (χ0n) is 20.2. The standard InChI is InChI=1S/C26H32N4O4/c1-17(2)12-29-13-22(34-16-19-6-5-7-21(10-19)33-4)14-30(15-25(29)31)26(32)20-8-9-23-24(11-20)28-18(3)27-23/h5-11,17,22H,12-16H2,1-4H3,(H,27,28). The lowest BCUT2D eigenvalue weighted by atomic mass is 10.1. The average molecular weight is 465 g/mol. The molecule has 1 aromatic heterocycles. The Hall–Kier alpha value is -3.39. The molecular formula is C26H32N4O4. The fourth-order valence-electron chi connectivity index (χ4n) is 4.29. The van der Waals surface area contributed by atoms with Gasteiger partial charge in [-0.15, -0.1) is 0 Å². The van der Waals surface area contributed by atoms with Gasteiger partial charge in [0.25, 0.3) is 5.91 Å². The van der Waals surface area contributed by atoms with Crippen molar-refractivity contribution in [1.82, 2.24) is 19.8 Å². The minimum Gasteiger partial charge on any atom is -0.497 e. The molecule has 0 aliphatic carbocycles. The Morgan fingerprint density at radius 2 is 2.03 bits per heavy atom. The molecule has 4 rings (SSSR count). The van der Waals surface area contributed by atoms with Crippen molar-refractivity contribution in [1.29, 1.82) is 0 Å². The van der Waals surface area contributed by atoms with Gasteiger partial charge in [-0.1, -0.05) is 26.0 Å². The third-order valence-corrected chi connectivity index (χ3v) is 5.87. The number of H-pyrrole nitrogens is 1. The van der Waals surface area contributed by atoms with Crippen LogP contribution in [0.2, 0.25) is 0 Å². The van der Waals surface area contributed by atoms with Crippen LogP contribution in [0.15, 0.2) is 42.5 Å². The van der Waals surface area contributed by atoms with Gasteiger partial charge in [0.05, 0.1) is 30.9 Å². The second-order valence-corrected chi connectivity index (χ2v) is 9.22. The summed E-state index contributed by atoms with van der Waals surface area (Å²) >= 11 is 0. The zero-order valence-corrected chi connectivity index (χ0v) is 20.2. The quantitative estimate of drug-likeness (QED) is 0.579. The van der Waals surface area contributed by atoms with Crippen molar-refractivity contribution in [3.05, 3.63) is 59.4 Å². The number of nitrogens with zero attached hydrogens (tertiary/aromatic N) is 3. The predicted molar refractivity (Wildman–Crippen MR) is 130 cm³/mol. The number of nitrogens with one attached hydrogen (secondary N) is 1. The van der Waals surface area contributed by atoms with Gasteiger partial charge in [0.15, 0.2) is 0 Å². The maximum atomic E-state index is 13.4. The lowest BCUT2D eigenvalue weighted by molar-refractivity contribution is -0.132. The minimum absolute atomic E-state index is 0.0324. The molecule has 1 aliphatic heterocycles. The highest BCUT2D eigenvalue weighted by molar-refractivity contribution is 5.99. The highest BCUT2D eigenvalue weighted by Gasteiger charge is 2.31. The first kappa shape index (κ1) is 23.8. The maximum absolute atomic E-state index is 13.4. The van der Waals surface area contributed by atoms with Crippen LogP contribution in [0, 0.1) is 12.8 Å². The molecule has 2 aromatic carbocycles. The van der Waals surface area contributed by atoms with Crippen LogP contribution in [0.3, 0.4) is 0 Å². The Balaban J connectivity index is 1.54. The van der Waals surface area contributed by atoms with Gasteiger partial charge in [0.2, 0.25) is 5.91 Å². The molecular weight excluding hydrogens is 432 g/mol. The van der Waals surface area contributed by atoms with E-state index < -0.39 is 0 Å². The first-order valence-corrected chi connectivity index (χ1v) is 11.6. The first-order valence-electron chi connectivity index (χ1n) is 11.6. The number of hydrogen-bond donors (Lipinski definition) is 1. The van der Waals surface area contributed by atoms with Crippen molar-refractivity contribution < 1.29 is 19.1 Å². The molecule has 1 aliphatic rings. The van der Waals surface area contributed by atoms with E-state index in [1.807, 2.05) is 42.2 Å². The molecule has 0 saturated carbocycles. The number of hydrogen-bond acceptors (Lipinski definition) is 5. The zero-order chi connectivity index (χ0) is 24.2. The lowest BCUT2D eigenvalue weighted by Gasteiger charge is -2.26. The van der Waals surface area contributed by atoms with Crippen LogP contribution in [0.4, 0.5) is 0 Å². The number of ether oxygens (including phenoxy) is 2. The summed E-state index contributed by atoms with van der Waals surface area (Å²) in [4.78, 5) is 37.5. The molecule has 2 amide bonds. The molecule has 1 N–H and O–H groups in total. The topological polar surface area (TPSA) is 87.8 Å². The molecule has 0 radical (unpaired) electrons. The van der Waals surface area contributed by atoms with Gasteiger partial charge in [-0.25, -0.2) is 4.98 Å². The summed E-state index contributed by atoms with van der Waals surface area (Å²) in [7, 11) is 1.63. The summed E-state index contributed by atoms with van der Waals surface area (Å²) < 4.78 is 11.5. The van der Waals surface area contributed by atoms with E-state index in [0.29, 0.717) is 37.7 Å². The number of imidazole rings is 1. The Kier molecular flexibility index (Phi) is 7.17. The molecule has 1 unspecified atom stereocenters. The van der Waals surface area contributed by atoms with Crippen LogP contribution in [-0.4, -0.2) is 71.0 Å². The van der Waals surface area contributed by atoms with E-state index in [1.165, 1.54) is 0 Å². The fourth-order valence-corrected chi connectivity index (χ4v) is 4.29. The van der Waals surface area contributed by atoms with Crippen molar-refractivity contribution in [2.45, 2.75) is 33.5 Å². The van der Waals surface area contributed by atoms with E-state index in [4.69, 9.17) is 9.47 Å². The Bertz CT molecular complexity index is 1170. The van der Waals surface area contributed by atoms with Gasteiger partial charge < -0.3 is 24.3 Å². The van der Waals surface area contributed by atoms with Crippen molar-refractivity contribution in [2.75, 3.05) is 33.3 Å². The molecule has 1 atom stereocenters. The van der Waals surface area contributed by atoms with E-state index in [0.717, 1.165) is 28.2 Å². The lowest BCUT2D eigenvalue weighted by Crippen LogP contribution is -2.40. The van der Waals surface area contributed by atoms with Gasteiger partial charge in [-0.05, 0) is 48.7 Å². The molecule has 180 valence electrons. The van der Waals surface area contributed by atoms with Gasteiger partial charge in [-0.3, -0.25) is 9.59 Å². The Labute approximate surface area is 199 Å². The van der Waals surface area contributed by atoms with Crippen LogP contribution in [-0.2, 0) is 16.1 Å². The number of aromatic nitrogens is 2. The highest BCUT2D eigenvalue weighted by Crippen LogP contribution is 2.19. The monoisotopic (exact) mass is 464 g/mol. The third kappa shape index (κ3) is 5.56. The number of benzene rings is 2. The van der Waals surface area contributed by atoms with E-state index in [1.54, 1.807) is 24.1 Å². The van der Waals surface area contributed by atoms with Crippen molar-refractivity contribution >= 4 is 22.8 Å². The number of carbonyl (C=O) groups excluding carboxylic acids is 2. The number of amides is 2. The third-order valence-electron chi connectivity index (χ3n) is 5.87. The highest BCUT2D eigenvalue weighted by atomic mass is 16.5. The second-order valence-electron chi connectivity index (χ2n) is 9.22. The molecule has 2 heterocycles. The normalized spacial score (nSPS) is 16.9. The summed E-state index contributed by atoms with van der Waals surface area (Å²) in [5.74, 6) is 1.62. The molecule has 34 heavy (non-hydrogen) atoms. The summed E-state index contributed by atoms with van der Waals surface area (Å²) in [5.41, 5.74) is 3.11. The average Bonchev–Trinajstić information content (AvgIpc) is 3.12. The summed E-state index contributed by atoms with van der Waals surface area (Å²) in [6.45, 7) is 7.84. The molecule has 8 nitrogen and oxygen atoms in total. The van der Waals surface area contributed by atoms with Crippen molar-refractivity contribution in [3.63, 3.8) is 0 Å². The summed E-state index contributed by atoms with van der Waals surface area (Å²) in [5, 5.41) is 0. The number of fused-ring (bicyclic) bond motifs is 1. The molecule has 3 aromatic rings. The predicted octanol–water partition coefficient (Wildman–Crippen LogP) is 3.41. The Morgan fingerprint density at radius 1 is 1.21 bits per heavy atom. The number of methoxy groups -OCH3 is 1. The molecule has 8 heteroatoms. The van der Waals surface area contributed by atoms with Gasteiger partial charge in [-0.2, -0.15) is 0 Å². The fraction of sp³-hybridized carbons (Fsp3) is 0.423. The van der Waals surface area contributed by atoms with Crippen LogP contribution in [0.5, 0.6) is 5.75 Å². The van der Waals surface area contributed by atoms with Gasteiger partial charge in [0.1, 0.15) is 18.1 Å². The smallest absolute Gasteiger partial charge is 0.254 e. The molecule has 0 bridgehead atoms. The van der Waals surface area contributed by atoms with Crippen LogP contribution < -0.4 is 4.74 Å². The second kappa shape index (κ2) is 10.3. The molecule has 0 spiro atoms. The molecule has 1 saturated heterocycles. The van der Waals surface area contributed by atoms with Crippen LogP contribution in [0.25, 0.3) is 11.0 Å². The van der Waals surface area contributed by atoms with E-state index >= 15 is 0 Å². The summed E-state index contributed by atoms with van der Waals surface area (Å²) in [6.07, 6.45) is -0.307.